The van der Waals surface area contributed by atoms with E-state index >= 15 is 0 Å². The summed E-state index contributed by atoms with van der Waals surface area (Å²) in [6.07, 6.45) is 2.73. The van der Waals surface area contributed by atoms with E-state index < -0.39 is 16.4 Å². The number of nitrogens with two attached hydrogens (primary N) is 1. The number of hydrogen-bond acceptors (Lipinski definition) is 4. The Hall–Kier alpha value is -0.160. The van der Waals surface area contributed by atoms with Crippen LogP contribution in [0.2, 0.25) is 0 Å². The molecule has 1 aliphatic rings. The lowest BCUT2D eigenvalue weighted by molar-refractivity contribution is -0.123. The highest BCUT2D eigenvalue weighted by molar-refractivity contribution is 6.73. The van der Waals surface area contributed by atoms with E-state index in [1.807, 2.05) is 0 Å². The van der Waals surface area contributed by atoms with Crippen LogP contribution in [-0.2, 0) is 14.3 Å². The van der Waals surface area contributed by atoms with Crippen molar-refractivity contribution in [2.75, 3.05) is 13.2 Å². The zero-order valence-electron chi connectivity index (χ0n) is 8.54. The van der Waals surface area contributed by atoms with Gasteiger partial charge in [-0.25, -0.2) is 0 Å². The summed E-state index contributed by atoms with van der Waals surface area (Å²) < 4.78 is 5.18. The fourth-order valence-electron chi connectivity index (χ4n) is 0.919. The van der Waals surface area contributed by atoms with E-state index in [9.17, 15) is 9.59 Å². The first kappa shape index (κ1) is 14.8. The van der Waals surface area contributed by atoms with E-state index in [0.717, 1.165) is 13.0 Å². The Morgan fingerprint density at radius 1 is 1.47 bits per heavy atom. The number of ether oxygens (including phenoxy) is 1. The summed E-state index contributed by atoms with van der Waals surface area (Å²) in [5, 5.41) is -1.44. The maximum absolute atomic E-state index is 10.0. The van der Waals surface area contributed by atoms with Gasteiger partial charge in [-0.1, -0.05) is 0 Å². The van der Waals surface area contributed by atoms with Gasteiger partial charge < -0.3 is 10.5 Å². The Labute approximate surface area is 99.0 Å². The van der Waals surface area contributed by atoms with Gasteiger partial charge in [0.15, 0.2) is 0 Å². The minimum atomic E-state index is -0.877. The molecule has 0 radical (unpaired) electrons. The second-order valence-corrected chi connectivity index (χ2v) is 3.95. The molecule has 4 nitrogen and oxygen atoms in total. The van der Waals surface area contributed by atoms with E-state index in [2.05, 4.69) is 0 Å². The molecule has 1 saturated heterocycles. The molecule has 1 heterocycles. The normalized spacial score (nSPS) is 19.7. The van der Waals surface area contributed by atoms with Gasteiger partial charge in [0.25, 0.3) is 0 Å². The predicted molar refractivity (Wildman–Crippen MR) is 58.9 cm³/mol. The van der Waals surface area contributed by atoms with Crippen molar-refractivity contribution in [3.8, 4) is 0 Å². The van der Waals surface area contributed by atoms with Gasteiger partial charge in [0, 0.05) is 13.2 Å². The maximum Gasteiger partial charge on any atom is 0.233 e. The van der Waals surface area contributed by atoms with Gasteiger partial charge in [-0.05, 0) is 43.0 Å². The summed E-state index contributed by atoms with van der Waals surface area (Å²) >= 11 is 9.76. The van der Waals surface area contributed by atoms with Crippen molar-refractivity contribution < 1.29 is 14.3 Å². The first-order valence-electron chi connectivity index (χ1n) is 4.69. The van der Waals surface area contributed by atoms with Crippen molar-refractivity contribution in [1.29, 1.82) is 0 Å². The van der Waals surface area contributed by atoms with Crippen LogP contribution in [0.15, 0.2) is 0 Å². The van der Waals surface area contributed by atoms with E-state index in [0.29, 0.717) is 12.6 Å². The Bertz CT molecular complexity index is 203. The van der Waals surface area contributed by atoms with E-state index in [-0.39, 0.29) is 0 Å². The maximum atomic E-state index is 10.0. The van der Waals surface area contributed by atoms with Crippen molar-refractivity contribution in [2.45, 2.75) is 25.9 Å². The minimum absolute atomic E-state index is 0.375. The van der Waals surface area contributed by atoms with Gasteiger partial charge in [-0.2, -0.15) is 0 Å². The summed E-state index contributed by atoms with van der Waals surface area (Å²) in [5.74, 6) is -0.877. The minimum Gasteiger partial charge on any atom is -0.377 e. The number of carbonyl (C=O) groups excluding carboxylic acids is 2. The molecule has 0 aromatic rings. The van der Waals surface area contributed by atoms with Crippen molar-refractivity contribution in [1.82, 2.24) is 0 Å². The van der Waals surface area contributed by atoms with Crippen molar-refractivity contribution in [3.63, 3.8) is 0 Å². The van der Waals surface area contributed by atoms with Crippen LogP contribution < -0.4 is 5.73 Å². The summed E-state index contributed by atoms with van der Waals surface area (Å²) in [7, 11) is 0. The standard InChI is InChI=1S/C5H11NO.C4H4Cl2O2/c6-4-5-2-1-3-7-5;1-2(3(5)7)4(6)8/h5H,1-4,6H2;2H,1H3. The molecule has 2 N–H and O–H groups in total. The van der Waals surface area contributed by atoms with E-state index in [4.69, 9.17) is 33.7 Å². The second kappa shape index (κ2) is 8.05. The Morgan fingerprint density at radius 3 is 2.13 bits per heavy atom. The van der Waals surface area contributed by atoms with Crippen LogP contribution in [0.3, 0.4) is 0 Å². The molecule has 0 amide bonds. The molecule has 1 rings (SSSR count). The number of carbonyl (C=O) groups is 2. The molecule has 0 aromatic heterocycles. The zero-order chi connectivity index (χ0) is 11.8. The van der Waals surface area contributed by atoms with Gasteiger partial charge in [0.1, 0.15) is 5.92 Å². The predicted octanol–water partition coefficient (Wildman–Crippen LogP) is 1.28. The molecule has 15 heavy (non-hydrogen) atoms. The quantitative estimate of drug-likeness (QED) is 0.610. The molecular formula is C9H15Cl2NO3. The van der Waals surface area contributed by atoms with Gasteiger partial charge in [-0.15, -0.1) is 0 Å². The van der Waals surface area contributed by atoms with Crippen LogP contribution in [0.25, 0.3) is 0 Å². The zero-order valence-corrected chi connectivity index (χ0v) is 10.1. The lowest BCUT2D eigenvalue weighted by Gasteiger charge is -2.01. The Balaban J connectivity index is 0.000000262. The molecule has 0 bridgehead atoms. The number of rotatable bonds is 3. The summed E-state index contributed by atoms with van der Waals surface area (Å²) in [6.45, 7) is 2.96. The molecule has 1 aliphatic heterocycles. The van der Waals surface area contributed by atoms with Gasteiger partial charge in [0.05, 0.1) is 6.10 Å². The molecule has 1 unspecified atom stereocenters. The molecule has 0 aliphatic carbocycles. The summed E-state index contributed by atoms with van der Waals surface area (Å²) in [4.78, 5) is 20.1. The van der Waals surface area contributed by atoms with Crippen LogP contribution in [0.1, 0.15) is 19.8 Å². The summed E-state index contributed by atoms with van der Waals surface area (Å²) in [6, 6.07) is 0. The average molecular weight is 256 g/mol. The molecule has 1 fully saturated rings. The van der Waals surface area contributed by atoms with Crippen LogP contribution in [-0.4, -0.2) is 29.7 Å². The van der Waals surface area contributed by atoms with Crippen LogP contribution in [0, 0.1) is 5.92 Å². The monoisotopic (exact) mass is 255 g/mol. The topological polar surface area (TPSA) is 69.4 Å². The van der Waals surface area contributed by atoms with Crippen LogP contribution >= 0.6 is 23.2 Å². The van der Waals surface area contributed by atoms with Gasteiger partial charge in [0.2, 0.25) is 10.5 Å². The molecule has 0 aromatic carbocycles. The summed E-state index contributed by atoms with van der Waals surface area (Å²) in [5.41, 5.74) is 5.31. The van der Waals surface area contributed by atoms with Gasteiger partial charge in [-0.3, -0.25) is 9.59 Å². The highest BCUT2D eigenvalue weighted by Crippen LogP contribution is 2.09. The fraction of sp³-hybridized carbons (Fsp3) is 0.778. The van der Waals surface area contributed by atoms with Gasteiger partial charge >= 0.3 is 0 Å². The largest absolute Gasteiger partial charge is 0.377 e. The molecular weight excluding hydrogens is 241 g/mol. The highest BCUT2D eigenvalue weighted by Gasteiger charge is 2.16. The lowest BCUT2D eigenvalue weighted by Crippen LogP contribution is -2.17. The fourth-order valence-corrected chi connectivity index (χ4v) is 1.17. The molecule has 88 valence electrons. The highest BCUT2D eigenvalue weighted by atomic mass is 35.5. The van der Waals surface area contributed by atoms with E-state index in [1.165, 1.54) is 13.3 Å². The van der Waals surface area contributed by atoms with Crippen LogP contribution in [0.4, 0.5) is 0 Å². The third-order valence-corrected chi connectivity index (χ3v) is 2.62. The number of hydrogen-bond donors (Lipinski definition) is 1. The van der Waals surface area contributed by atoms with Crippen molar-refractivity contribution in [2.24, 2.45) is 11.7 Å². The Morgan fingerprint density at radius 2 is 2.00 bits per heavy atom. The molecule has 6 heteroatoms. The Kier molecular flexibility index (Phi) is 7.96. The third-order valence-electron chi connectivity index (χ3n) is 1.97. The second-order valence-electron chi connectivity index (χ2n) is 3.20. The van der Waals surface area contributed by atoms with E-state index in [1.54, 1.807) is 0 Å². The lowest BCUT2D eigenvalue weighted by atomic mass is 10.2. The number of halogens is 2. The molecule has 1 atom stereocenters. The first-order chi connectivity index (χ1) is 6.99. The third kappa shape index (κ3) is 6.84. The smallest absolute Gasteiger partial charge is 0.233 e. The SMILES string of the molecule is CC(C(=O)Cl)C(=O)Cl.NCC1CCCO1. The first-order valence-corrected chi connectivity index (χ1v) is 5.45. The van der Waals surface area contributed by atoms with Crippen molar-refractivity contribution in [3.05, 3.63) is 0 Å². The van der Waals surface area contributed by atoms with Crippen molar-refractivity contribution >= 4 is 33.7 Å². The average Bonchev–Trinajstić information content (AvgIpc) is 2.69. The molecule has 0 spiro atoms. The molecule has 0 saturated carbocycles. The van der Waals surface area contributed by atoms with Crippen LogP contribution in [0.5, 0.6) is 0 Å².